The van der Waals surface area contributed by atoms with E-state index in [1.807, 2.05) is 17.0 Å². The van der Waals surface area contributed by atoms with Crippen LogP contribution in [0, 0.1) is 17.8 Å². The molecule has 0 radical (unpaired) electrons. The third kappa shape index (κ3) is 28.6. The molecule has 1 fully saturated rings. The summed E-state index contributed by atoms with van der Waals surface area (Å²) >= 11 is 5.46. The zero-order valence-electron chi connectivity index (χ0n) is 48.8. The van der Waals surface area contributed by atoms with Crippen LogP contribution in [-0.2, 0) is 72.1 Å². The van der Waals surface area contributed by atoms with Crippen molar-refractivity contribution in [2.75, 3.05) is 97.1 Å². The smallest absolute Gasteiger partial charge is 0.549 e. The van der Waals surface area contributed by atoms with E-state index in [9.17, 15) is 88.5 Å². The minimum Gasteiger partial charge on any atom is -0.549 e. The second-order valence-corrected chi connectivity index (χ2v) is 21.6. The summed E-state index contributed by atoms with van der Waals surface area (Å²) in [5.74, 6) is -15.2. The van der Waals surface area contributed by atoms with Crippen molar-refractivity contribution in [1.29, 1.82) is 0 Å². The molecule has 3 aromatic rings. The maximum absolute atomic E-state index is 13.9. The van der Waals surface area contributed by atoms with Gasteiger partial charge in [-0.05, 0) is 55.2 Å². The van der Waals surface area contributed by atoms with Gasteiger partial charge in [-0.25, -0.2) is 9.78 Å². The number of amides is 3. The third-order valence-corrected chi connectivity index (χ3v) is 14.5. The number of nitrogens with zero attached hydrogens (tertiary/aromatic N) is 5. The Hall–Kier alpha value is -7.49. The van der Waals surface area contributed by atoms with Crippen LogP contribution in [0.15, 0.2) is 67.1 Å². The van der Waals surface area contributed by atoms with Gasteiger partial charge >= 0.3 is 31.7 Å². The van der Waals surface area contributed by atoms with E-state index in [-0.39, 0.29) is 96.4 Å². The number of rotatable bonds is 36. The van der Waals surface area contributed by atoms with Gasteiger partial charge in [-0.1, -0.05) is 42.5 Å². The fraction of sp³-hybridized carbons (Fsp3) is 0.526. The number of aliphatic hydroxyl groups is 2. The van der Waals surface area contributed by atoms with Crippen molar-refractivity contribution in [3.05, 3.63) is 83.9 Å². The number of carboxylic acids is 5. The summed E-state index contributed by atoms with van der Waals surface area (Å²) in [6, 6.07) is 11.1. The monoisotopic (exact) mass is 1300 g/mol. The Kier molecular flexibility index (Phi) is 33.5. The van der Waals surface area contributed by atoms with Crippen LogP contribution in [0.2, 0.25) is 0 Å². The van der Waals surface area contributed by atoms with Gasteiger partial charge in [0.05, 0.1) is 61.7 Å². The number of aromatic amines is 1. The number of thiocarbonyl (C=S) groups is 1. The van der Waals surface area contributed by atoms with E-state index in [4.69, 9.17) is 12.2 Å². The van der Waals surface area contributed by atoms with Gasteiger partial charge in [0, 0.05) is 141 Å². The van der Waals surface area contributed by atoms with Crippen LogP contribution < -0.4 is 41.9 Å². The SMILES string of the molecule is C[C@H](NC(=O)[C@H](CC(=O)O)CC(=O)CCCNC(=S)Nc1ccc(CN2CCN(CC(=O)[O-])CCN(CC(=O)[O-])CCN(CC(=O)[O-])CC2)cc1)C(=O)C[C@@H](Cc1cnc[nH]1)C(=O)N[C@@H](CO)C(=O)C[C@@H](Cc1ccccc1)C(=O)N[C@@H](CO)C(=O)O.[Ga+3]. The number of anilines is 1. The number of carbonyl (C=O) groups excluding carboxylic acids is 9. The molecule has 0 bridgehead atoms. The second-order valence-electron chi connectivity index (χ2n) is 21.2. The minimum atomic E-state index is -1.67. The topological polar surface area (TPSA) is 440 Å². The molecule has 2 aromatic carbocycles. The summed E-state index contributed by atoms with van der Waals surface area (Å²) in [6.45, 7) is 1.10. The molecule has 0 saturated carbocycles. The first-order valence-electron chi connectivity index (χ1n) is 28.2. The summed E-state index contributed by atoms with van der Waals surface area (Å²) in [7, 11) is 0. The molecule has 3 amide bonds. The number of imidazole rings is 1. The van der Waals surface area contributed by atoms with Gasteiger partial charge in [-0.2, -0.15) is 0 Å². The molecule has 4 rings (SSSR count). The Morgan fingerprint density at radius 3 is 1.60 bits per heavy atom. The van der Waals surface area contributed by atoms with E-state index < -0.39 is 146 Å². The summed E-state index contributed by atoms with van der Waals surface area (Å²) in [5.41, 5.74) is 2.48. The third-order valence-electron chi connectivity index (χ3n) is 14.3. The van der Waals surface area contributed by atoms with Gasteiger partial charge in [0.15, 0.2) is 16.7 Å². The fourth-order valence-corrected chi connectivity index (χ4v) is 9.72. The Morgan fingerprint density at radius 1 is 0.614 bits per heavy atom. The number of carbonyl (C=O) groups is 11. The summed E-state index contributed by atoms with van der Waals surface area (Å²) in [4.78, 5) is 153. The number of benzene rings is 2. The van der Waals surface area contributed by atoms with Crippen LogP contribution in [0.4, 0.5) is 5.69 Å². The van der Waals surface area contributed by atoms with Crippen molar-refractivity contribution in [3.63, 3.8) is 0 Å². The fourth-order valence-electron chi connectivity index (χ4n) is 9.50. The average Bonchev–Trinajstić information content (AvgIpc) is 3.99. The van der Waals surface area contributed by atoms with E-state index in [1.165, 1.54) is 19.4 Å². The largest absolute Gasteiger partial charge is 3.00 e. The van der Waals surface area contributed by atoms with Crippen LogP contribution in [0.3, 0.4) is 0 Å². The van der Waals surface area contributed by atoms with Crippen LogP contribution in [0.5, 0.6) is 0 Å². The number of nitrogens with one attached hydrogen (secondary N) is 6. The Bertz CT molecular complexity index is 2770. The Balaban J connectivity index is 0.0000202. The number of hydrogen-bond acceptors (Lipinski definition) is 22. The van der Waals surface area contributed by atoms with Gasteiger partial charge in [0.1, 0.15) is 17.9 Å². The van der Waals surface area contributed by atoms with Crippen LogP contribution in [0.1, 0.15) is 62.3 Å². The molecule has 1 saturated heterocycles. The summed E-state index contributed by atoms with van der Waals surface area (Å²) in [5, 5.41) is 86.7. The van der Waals surface area contributed by atoms with Gasteiger partial charge in [-0.3, -0.25) is 53.2 Å². The van der Waals surface area contributed by atoms with E-state index in [1.54, 1.807) is 57.2 Å². The molecule has 6 atom stereocenters. The van der Waals surface area contributed by atoms with Gasteiger partial charge in [-0.15, -0.1) is 0 Å². The molecule has 0 unspecified atom stereocenters. The molecular weight excluding hydrogens is 1230 g/mol. The minimum absolute atomic E-state index is 0. The van der Waals surface area contributed by atoms with Crippen LogP contribution >= 0.6 is 12.2 Å². The molecule has 476 valence electrons. The van der Waals surface area contributed by atoms with Gasteiger partial charge in [0.2, 0.25) is 17.7 Å². The maximum Gasteiger partial charge on any atom is 3.00 e. The number of H-pyrrole nitrogens is 1. The van der Waals surface area contributed by atoms with Gasteiger partial charge in [0.25, 0.3) is 0 Å². The van der Waals surface area contributed by atoms with Crippen molar-refractivity contribution in [2.24, 2.45) is 17.8 Å². The summed E-state index contributed by atoms with van der Waals surface area (Å²) < 4.78 is 0. The van der Waals surface area contributed by atoms with E-state index in [0.29, 0.717) is 49.7 Å². The molecule has 29 nitrogen and oxygen atoms in total. The number of aromatic nitrogens is 2. The number of Topliss-reactive ketones (excluding diaryl/α,β-unsaturated/α-hetero) is 3. The zero-order chi connectivity index (χ0) is 64.0. The van der Waals surface area contributed by atoms with E-state index in [0.717, 1.165) is 5.56 Å². The van der Waals surface area contributed by atoms with Crippen LogP contribution in [0.25, 0.3) is 0 Å². The van der Waals surface area contributed by atoms with Crippen molar-refractivity contribution in [1.82, 2.24) is 50.8 Å². The Morgan fingerprint density at radius 2 is 1.11 bits per heavy atom. The molecule has 0 spiro atoms. The first kappa shape index (κ1) is 74.8. The normalized spacial score (nSPS) is 15.8. The molecule has 10 N–H and O–H groups in total. The number of aliphatic hydroxyl groups excluding tert-OH is 2. The molecule has 1 aliphatic heterocycles. The van der Waals surface area contributed by atoms with Gasteiger partial charge < -0.3 is 81.7 Å². The van der Waals surface area contributed by atoms with Crippen molar-refractivity contribution < 1.29 is 88.5 Å². The predicted octanol–water partition coefficient (Wildman–Crippen LogP) is -5.70. The Labute approximate surface area is 526 Å². The number of aliphatic carboxylic acids is 5. The van der Waals surface area contributed by atoms with E-state index >= 15 is 0 Å². The first-order chi connectivity index (χ1) is 41.4. The molecule has 1 aromatic heterocycles. The molecular formula is C57H76GaN11O18S. The second kappa shape index (κ2) is 39.4. The first-order valence-corrected chi connectivity index (χ1v) is 28.6. The molecule has 88 heavy (non-hydrogen) atoms. The van der Waals surface area contributed by atoms with E-state index in [2.05, 4.69) is 36.6 Å². The number of ketones is 3. The van der Waals surface area contributed by atoms with Crippen molar-refractivity contribution in [3.8, 4) is 0 Å². The summed E-state index contributed by atoms with van der Waals surface area (Å²) in [6.07, 6.45) is 0.319. The quantitative estimate of drug-likeness (QED) is 0.0147. The van der Waals surface area contributed by atoms with Crippen LogP contribution in [-0.4, -0.2) is 250 Å². The molecule has 2 heterocycles. The number of carboxylic acid groups (broad SMARTS) is 5. The maximum atomic E-state index is 13.9. The average molecular weight is 1310 g/mol. The molecule has 1 aliphatic rings. The van der Waals surface area contributed by atoms with Crippen molar-refractivity contribution >= 4 is 108 Å². The van der Waals surface area contributed by atoms with Crippen molar-refractivity contribution in [2.45, 2.75) is 83.0 Å². The zero-order valence-corrected chi connectivity index (χ0v) is 52.0. The number of hydrogen-bond donors (Lipinski definition) is 10. The predicted molar refractivity (Wildman–Crippen MR) is 313 cm³/mol. The molecule has 31 heteroatoms. The standard InChI is InChI=1S/C57H79N11O18S.Ga/c1-36(47(72)25-40(23-43-28-58-35-60-43)55(84)63-45(33-69)48(73)26-39(22-37-6-3-2-4-7-37)54(83)64-46(34-70)56(85)86)61-53(82)41(27-49(74)75)24-44(71)8-5-13-59-57(87)62-42-11-9-38(10-12-42)29-65-14-16-66(30-50(76)77)18-20-68(32-52(80)81)21-19-67(17-15-65)31-51(78)79;/h2-4,6-7,9-12,28,35-36,39-41,45-46,69-70H,5,8,13-27,29-34H2,1H3,(H,58,60)(H,61,82)(H,63,84)(H,64,83)(H,74,75)(H,76,77)(H,78,79)(H,80,81)(H,85,86)(H2,59,62,87);/q;+3/p-3/t36-,39+,40+,41-,45-,46-;/m0./s1. The molecule has 0 aliphatic carbocycles.